The van der Waals surface area contributed by atoms with Gasteiger partial charge < -0.3 is 11.1 Å². The lowest BCUT2D eigenvalue weighted by Gasteiger charge is -2.07. The number of benzene rings is 1. The molecule has 4 heteroatoms. The monoisotopic (exact) mass is 214 g/mol. The highest BCUT2D eigenvalue weighted by atomic mass is 15.1. The van der Waals surface area contributed by atoms with Crippen molar-refractivity contribution in [2.24, 2.45) is 0 Å². The summed E-state index contributed by atoms with van der Waals surface area (Å²) in [7, 11) is 0. The molecule has 0 bridgehead atoms. The van der Waals surface area contributed by atoms with Gasteiger partial charge in [0.2, 0.25) is 5.95 Å². The molecule has 82 valence electrons. The number of nitrogens with zero attached hydrogens (tertiary/aromatic N) is 2. The van der Waals surface area contributed by atoms with Crippen LogP contribution in [0.25, 0.3) is 0 Å². The third kappa shape index (κ3) is 2.48. The Hall–Kier alpha value is -2.10. The molecule has 16 heavy (non-hydrogen) atoms. The lowest BCUT2D eigenvalue weighted by molar-refractivity contribution is 1.18. The standard InChI is InChI=1S/C12H14N4/c1-8-5-9(2)7-10(6-8)15-11-3-4-14-12(13)16-11/h3-7H,1-2H3,(H3,13,14,15,16). The number of aromatic nitrogens is 2. The Morgan fingerprint density at radius 1 is 1.12 bits per heavy atom. The van der Waals surface area contributed by atoms with Crippen LogP contribution in [-0.4, -0.2) is 9.97 Å². The highest BCUT2D eigenvalue weighted by Gasteiger charge is 1.98. The summed E-state index contributed by atoms with van der Waals surface area (Å²) in [6.45, 7) is 4.12. The van der Waals surface area contributed by atoms with Crippen molar-refractivity contribution in [3.63, 3.8) is 0 Å². The maximum absolute atomic E-state index is 5.51. The number of aryl methyl sites for hydroxylation is 2. The zero-order valence-electron chi connectivity index (χ0n) is 9.36. The van der Waals surface area contributed by atoms with Crippen molar-refractivity contribution in [1.82, 2.24) is 9.97 Å². The molecule has 0 aliphatic rings. The number of hydrogen-bond donors (Lipinski definition) is 2. The van der Waals surface area contributed by atoms with Crippen LogP contribution < -0.4 is 11.1 Å². The van der Waals surface area contributed by atoms with Crippen LogP contribution in [0.3, 0.4) is 0 Å². The Kier molecular flexibility index (Phi) is 2.72. The van der Waals surface area contributed by atoms with Gasteiger partial charge in [0.15, 0.2) is 0 Å². The Bertz CT molecular complexity index is 488. The molecule has 0 spiro atoms. The van der Waals surface area contributed by atoms with Gasteiger partial charge in [-0.3, -0.25) is 0 Å². The van der Waals surface area contributed by atoms with Crippen molar-refractivity contribution in [2.45, 2.75) is 13.8 Å². The summed E-state index contributed by atoms with van der Waals surface area (Å²) in [5.41, 5.74) is 8.94. The largest absolute Gasteiger partial charge is 0.368 e. The topological polar surface area (TPSA) is 63.8 Å². The molecule has 0 aliphatic heterocycles. The van der Waals surface area contributed by atoms with Crippen LogP contribution >= 0.6 is 0 Å². The molecule has 0 fully saturated rings. The van der Waals surface area contributed by atoms with Gasteiger partial charge >= 0.3 is 0 Å². The second-order valence-electron chi connectivity index (χ2n) is 3.80. The number of nitrogens with one attached hydrogen (secondary N) is 1. The van der Waals surface area contributed by atoms with E-state index in [-0.39, 0.29) is 5.95 Å². The van der Waals surface area contributed by atoms with Gasteiger partial charge in [-0.2, -0.15) is 4.98 Å². The van der Waals surface area contributed by atoms with Crippen molar-refractivity contribution >= 4 is 17.5 Å². The summed E-state index contributed by atoms with van der Waals surface area (Å²) in [5.74, 6) is 0.979. The van der Waals surface area contributed by atoms with E-state index in [1.54, 1.807) is 12.3 Å². The third-order valence-corrected chi connectivity index (χ3v) is 2.17. The smallest absolute Gasteiger partial charge is 0.221 e. The molecule has 2 rings (SSSR count). The highest BCUT2D eigenvalue weighted by Crippen LogP contribution is 2.18. The van der Waals surface area contributed by atoms with E-state index in [0.29, 0.717) is 5.82 Å². The first-order valence-corrected chi connectivity index (χ1v) is 5.07. The second kappa shape index (κ2) is 4.18. The molecule has 3 N–H and O–H groups in total. The predicted molar refractivity (Wildman–Crippen MR) is 65.6 cm³/mol. The van der Waals surface area contributed by atoms with Crippen LogP contribution in [0.2, 0.25) is 0 Å². The maximum atomic E-state index is 5.51. The van der Waals surface area contributed by atoms with Crippen molar-refractivity contribution in [3.05, 3.63) is 41.6 Å². The number of rotatable bonds is 2. The first-order valence-electron chi connectivity index (χ1n) is 5.07. The fourth-order valence-electron chi connectivity index (χ4n) is 1.64. The zero-order valence-corrected chi connectivity index (χ0v) is 9.36. The minimum absolute atomic E-state index is 0.273. The SMILES string of the molecule is Cc1cc(C)cc(Nc2ccnc(N)n2)c1. The van der Waals surface area contributed by atoms with Gasteiger partial charge in [-0.15, -0.1) is 0 Å². The molecule has 0 radical (unpaired) electrons. The fraction of sp³-hybridized carbons (Fsp3) is 0.167. The quantitative estimate of drug-likeness (QED) is 0.805. The molecular formula is C12H14N4. The Morgan fingerprint density at radius 2 is 1.81 bits per heavy atom. The van der Waals surface area contributed by atoms with E-state index < -0.39 is 0 Å². The molecule has 1 aromatic carbocycles. The Morgan fingerprint density at radius 3 is 2.44 bits per heavy atom. The van der Waals surface area contributed by atoms with Crippen molar-refractivity contribution in [2.75, 3.05) is 11.1 Å². The van der Waals surface area contributed by atoms with Gasteiger partial charge in [-0.05, 0) is 43.2 Å². The van der Waals surface area contributed by atoms with Gasteiger partial charge in [0.1, 0.15) is 5.82 Å². The summed E-state index contributed by atoms with van der Waals surface area (Å²) >= 11 is 0. The average molecular weight is 214 g/mol. The van der Waals surface area contributed by atoms with Crippen molar-refractivity contribution in [1.29, 1.82) is 0 Å². The molecule has 0 atom stereocenters. The van der Waals surface area contributed by atoms with Crippen LogP contribution in [0.15, 0.2) is 30.5 Å². The molecule has 0 amide bonds. The summed E-state index contributed by atoms with van der Waals surface area (Å²) in [5, 5.41) is 3.20. The van der Waals surface area contributed by atoms with Crippen LogP contribution in [0.4, 0.5) is 17.5 Å². The molecule has 4 nitrogen and oxygen atoms in total. The molecule has 1 aromatic heterocycles. The molecule has 2 aromatic rings. The first kappa shape index (κ1) is 10.4. The molecule has 1 heterocycles. The van der Waals surface area contributed by atoms with Gasteiger partial charge in [0.25, 0.3) is 0 Å². The zero-order chi connectivity index (χ0) is 11.5. The maximum Gasteiger partial charge on any atom is 0.221 e. The van der Waals surface area contributed by atoms with Crippen LogP contribution in [0, 0.1) is 13.8 Å². The van der Waals surface area contributed by atoms with Crippen molar-refractivity contribution in [3.8, 4) is 0 Å². The van der Waals surface area contributed by atoms with E-state index >= 15 is 0 Å². The summed E-state index contributed by atoms with van der Waals surface area (Å²) < 4.78 is 0. The van der Waals surface area contributed by atoms with E-state index in [1.807, 2.05) is 0 Å². The Labute approximate surface area is 94.5 Å². The minimum Gasteiger partial charge on any atom is -0.368 e. The fourth-order valence-corrected chi connectivity index (χ4v) is 1.64. The summed E-state index contributed by atoms with van der Waals surface area (Å²) in [6, 6.07) is 8.03. The lowest BCUT2D eigenvalue weighted by Crippen LogP contribution is -1.99. The average Bonchev–Trinajstić information content (AvgIpc) is 2.15. The van der Waals surface area contributed by atoms with Gasteiger partial charge in [0, 0.05) is 11.9 Å². The van der Waals surface area contributed by atoms with Gasteiger partial charge in [0.05, 0.1) is 0 Å². The Balaban J connectivity index is 2.27. The van der Waals surface area contributed by atoms with E-state index in [0.717, 1.165) is 5.69 Å². The van der Waals surface area contributed by atoms with Gasteiger partial charge in [-0.25, -0.2) is 4.98 Å². The van der Waals surface area contributed by atoms with Crippen LogP contribution in [0.5, 0.6) is 0 Å². The van der Waals surface area contributed by atoms with Crippen LogP contribution in [0.1, 0.15) is 11.1 Å². The molecule has 0 aliphatic carbocycles. The van der Waals surface area contributed by atoms with E-state index in [2.05, 4.69) is 47.3 Å². The van der Waals surface area contributed by atoms with E-state index in [4.69, 9.17) is 5.73 Å². The molecule has 0 saturated carbocycles. The lowest BCUT2D eigenvalue weighted by atomic mass is 10.1. The molecular weight excluding hydrogens is 200 g/mol. The highest BCUT2D eigenvalue weighted by molar-refractivity contribution is 5.58. The predicted octanol–water partition coefficient (Wildman–Crippen LogP) is 2.42. The minimum atomic E-state index is 0.273. The van der Waals surface area contributed by atoms with Crippen molar-refractivity contribution < 1.29 is 0 Å². The third-order valence-electron chi connectivity index (χ3n) is 2.17. The second-order valence-corrected chi connectivity index (χ2v) is 3.80. The summed E-state index contributed by atoms with van der Waals surface area (Å²) in [4.78, 5) is 7.93. The first-order chi connectivity index (χ1) is 7.63. The number of nitrogen functional groups attached to an aromatic ring is 1. The van der Waals surface area contributed by atoms with E-state index in [1.165, 1.54) is 11.1 Å². The number of hydrogen-bond acceptors (Lipinski definition) is 4. The normalized spacial score (nSPS) is 10.1. The summed E-state index contributed by atoms with van der Waals surface area (Å²) in [6.07, 6.45) is 1.63. The van der Waals surface area contributed by atoms with Gasteiger partial charge in [-0.1, -0.05) is 6.07 Å². The molecule has 0 saturated heterocycles. The number of anilines is 3. The number of nitrogens with two attached hydrogens (primary N) is 1. The molecule has 0 unspecified atom stereocenters. The van der Waals surface area contributed by atoms with E-state index in [9.17, 15) is 0 Å². The van der Waals surface area contributed by atoms with Crippen LogP contribution in [-0.2, 0) is 0 Å².